The number of nitrogens with two attached hydrogens (primary N) is 1. The third-order valence-corrected chi connectivity index (χ3v) is 2.33. The van der Waals surface area contributed by atoms with Gasteiger partial charge in [-0.3, -0.25) is 0 Å². The second-order valence-corrected chi connectivity index (χ2v) is 3.35. The SMILES string of the molecule is COC(=O)/C=C/CC1(N)CCC1.Cl. The van der Waals surface area contributed by atoms with Gasteiger partial charge in [-0.25, -0.2) is 4.79 Å². The minimum absolute atomic E-state index is 0. The highest BCUT2D eigenvalue weighted by Crippen LogP contribution is 2.32. The third kappa shape index (κ3) is 3.79. The molecule has 3 nitrogen and oxygen atoms in total. The predicted molar refractivity (Wildman–Crippen MR) is 53.8 cm³/mol. The molecule has 2 N–H and O–H groups in total. The van der Waals surface area contributed by atoms with Gasteiger partial charge in [-0.05, 0) is 25.7 Å². The molecule has 0 amide bonds. The summed E-state index contributed by atoms with van der Waals surface area (Å²) in [4.78, 5) is 10.7. The first-order valence-corrected chi connectivity index (χ1v) is 4.20. The molecule has 1 aliphatic carbocycles. The summed E-state index contributed by atoms with van der Waals surface area (Å²) < 4.78 is 4.45. The number of hydrogen-bond acceptors (Lipinski definition) is 3. The fourth-order valence-electron chi connectivity index (χ4n) is 1.29. The number of methoxy groups -OCH3 is 1. The molecule has 1 rings (SSSR count). The van der Waals surface area contributed by atoms with Crippen LogP contribution >= 0.6 is 12.4 Å². The highest BCUT2D eigenvalue weighted by molar-refractivity contribution is 5.85. The Kier molecular flexibility index (Phi) is 5.03. The number of carbonyl (C=O) groups is 1. The van der Waals surface area contributed by atoms with Gasteiger partial charge in [-0.1, -0.05) is 6.08 Å². The van der Waals surface area contributed by atoms with Gasteiger partial charge in [0.25, 0.3) is 0 Å². The molecular weight excluding hydrogens is 190 g/mol. The van der Waals surface area contributed by atoms with Crippen molar-refractivity contribution in [2.24, 2.45) is 5.73 Å². The third-order valence-electron chi connectivity index (χ3n) is 2.33. The van der Waals surface area contributed by atoms with E-state index >= 15 is 0 Å². The van der Waals surface area contributed by atoms with Crippen LogP contribution in [0.1, 0.15) is 25.7 Å². The van der Waals surface area contributed by atoms with Crippen LogP contribution in [-0.2, 0) is 9.53 Å². The molecule has 0 unspecified atom stereocenters. The molecule has 0 atom stereocenters. The van der Waals surface area contributed by atoms with Gasteiger partial charge in [0, 0.05) is 11.6 Å². The Bertz CT molecular complexity index is 200. The van der Waals surface area contributed by atoms with Crippen molar-refractivity contribution in [3.63, 3.8) is 0 Å². The Balaban J connectivity index is 0.00000144. The maximum atomic E-state index is 10.7. The maximum absolute atomic E-state index is 10.7. The summed E-state index contributed by atoms with van der Waals surface area (Å²) in [7, 11) is 1.37. The zero-order valence-electron chi connectivity index (χ0n) is 7.79. The zero-order chi connectivity index (χ0) is 9.03. The number of halogens is 1. The summed E-state index contributed by atoms with van der Waals surface area (Å²) in [5, 5.41) is 0. The lowest BCUT2D eigenvalue weighted by molar-refractivity contribution is -0.134. The van der Waals surface area contributed by atoms with Gasteiger partial charge in [0.1, 0.15) is 0 Å². The van der Waals surface area contributed by atoms with E-state index in [-0.39, 0.29) is 23.9 Å². The molecule has 0 aromatic rings. The first kappa shape index (κ1) is 12.5. The van der Waals surface area contributed by atoms with Crippen molar-refractivity contribution in [1.82, 2.24) is 0 Å². The van der Waals surface area contributed by atoms with Crippen molar-refractivity contribution in [2.75, 3.05) is 7.11 Å². The maximum Gasteiger partial charge on any atom is 0.330 e. The van der Waals surface area contributed by atoms with Gasteiger partial charge < -0.3 is 10.5 Å². The Hall–Kier alpha value is -0.540. The van der Waals surface area contributed by atoms with Crippen LogP contribution in [0.4, 0.5) is 0 Å². The molecule has 4 heteroatoms. The lowest BCUT2D eigenvalue weighted by Gasteiger charge is -2.37. The second kappa shape index (κ2) is 5.25. The van der Waals surface area contributed by atoms with Gasteiger partial charge in [0.2, 0.25) is 0 Å². The Morgan fingerprint density at radius 3 is 2.62 bits per heavy atom. The van der Waals surface area contributed by atoms with Gasteiger partial charge in [0.15, 0.2) is 0 Å². The molecule has 0 radical (unpaired) electrons. The van der Waals surface area contributed by atoms with Crippen LogP contribution in [0.3, 0.4) is 0 Å². The van der Waals surface area contributed by atoms with Crippen LogP contribution in [-0.4, -0.2) is 18.6 Å². The molecular formula is C9H16ClNO2. The highest BCUT2D eigenvalue weighted by atomic mass is 35.5. The van der Waals surface area contributed by atoms with Crippen LogP contribution in [0.5, 0.6) is 0 Å². The molecule has 0 aliphatic heterocycles. The van der Waals surface area contributed by atoms with Crippen molar-refractivity contribution in [3.8, 4) is 0 Å². The molecule has 0 saturated heterocycles. The summed E-state index contributed by atoms with van der Waals surface area (Å²) in [6, 6.07) is 0. The van der Waals surface area contributed by atoms with Crippen LogP contribution in [0.15, 0.2) is 12.2 Å². The Labute approximate surface area is 84.7 Å². The Morgan fingerprint density at radius 2 is 2.23 bits per heavy atom. The normalized spacial score (nSPS) is 18.9. The van der Waals surface area contributed by atoms with Gasteiger partial charge in [0.05, 0.1) is 7.11 Å². The molecule has 13 heavy (non-hydrogen) atoms. The number of esters is 1. The summed E-state index contributed by atoms with van der Waals surface area (Å²) in [6.07, 6.45) is 7.36. The molecule has 0 aromatic carbocycles. The van der Waals surface area contributed by atoms with E-state index in [2.05, 4.69) is 4.74 Å². The van der Waals surface area contributed by atoms with E-state index < -0.39 is 0 Å². The quantitative estimate of drug-likeness (QED) is 0.560. The summed E-state index contributed by atoms with van der Waals surface area (Å²) >= 11 is 0. The van der Waals surface area contributed by atoms with Gasteiger partial charge in [-0.2, -0.15) is 0 Å². The average Bonchev–Trinajstić information content (AvgIpc) is 2.01. The smallest absolute Gasteiger partial charge is 0.330 e. The summed E-state index contributed by atoms with van der Waals surface area (Å²) in [5.74, 6) is -0.307. The highest BCUT2D eigenvalue weighted by Gasteiger charge is 2.30. The van der Waals surface area contributed by atoms with E-state index in [0.717, 1.165) is 19.3 Å². The van der Waals surface area contributed by atoms with Crippen LogP contribution in [0.2, 0.25) is 0 Å². The monoisotopic (exact) mass is 205 g/mol. The van der Waals surface area contributed by atoms with Gasteiger partial charge >= 0.3 is 5.97 Å². The first-order valence-electron chi connectivity index (χ1n) is 4.20. The second-order valence-electron chi connectivity index (χ2n) is 3.35. The number of carbonyl (C=O) groups excluding carboxylic acids is 1. The lowest BCUT2D eigenvalue weighted by atomic mass is 9.75. The van der Waals surface area contributed by atoms with Crippen molar-refractivity contribution in [1.29, 1.82) is 0 Å². The van der Waals surface area contributed by atoms with Crippen molar-refractivity contribution in [3.05, 3.63) is 12.2 Å². The van der Waals surface area contributed by atoms with Crippen LogP contribution in [0, 0.1) is 0 Å². The number of rotatable bonds is 3. The Morgan fingerprint density at radius 1 is 1.62 bits per heavy atom. The van der Waals surface area contributed by atoms with Gasteiger partial charge in [-0.15, -0.1) is 12.4 Å². The lowest BCUT2D eigenvalue weighted by Crippen LogP contribution is -2.45. The fourth-order valence-corrected chi connectivity index (χ4v) is 1.29. The van der Waals surface area contributed by atoms with E-state index in [1.54, 1.807) is 6.08 Å². The van der Waals surface area contributed by atoms with E-state index in [4.69, 9.17) is 5.73 Å². The number of ether oxygens (including phenoxy) is 1. The molecule has 0 bridgehead atoms. The van der Waals surface area contributed by atoms with Crippen molar-refractivity contribution in [2.45, 2.75) is 31.2 Å². The molecule has 0 spiro atoms. The minimum Gasteiger partial charge on any atom is -0.466 e. The van der Waals surface area contributed by atoms with Crippen LogP contribution in [0.25, 0.3) is 0 Å². The van der Waals surface area contributed by atoms with E-state index in [1.165, 1.54) is 19.6 Å². The average molecular weight is 206 g/mol. The first-order chi connectivity index (χ1) is 5.66. The van der Waals surface area contributed by atoms with E-state index in [1.807, 2.05) is 0 Å². The molecule has 0 heterocycles. The van der Waals surface area contributed by atoms with Crippen LogP contribution < -0.4 is 5.73 Å². The standard InChI is InChI=1S/C9H15NO2.ClH/c1-12-8(11)4-2-5-9(10)6-3-7-9;/h2,4H,3,5-7,10H2,1H3;1H/b4-2+;. The molecule has 1 saturated carbocycles. The summed E-state index contributed by atoms with van der Waals surface area (Å²) in [6.45, 7) is 0. The van der Waals surface area contributed by atoms with Crippen molar-refractivity contribution < 1.29 is 9.53 Å². The predicted octanol–water partition coefficient (Wildman–Crippen LogP) is 1.41. The number of hydrogen-bond donors (Lipinski definition) is 1. The largest absolute Gasteiger partial charge is 0.466 e. The molecule has 76 valence electrons. The van der Waals surface area contributed by atoms with E-state index in [9.17, 15) is 4.79 Å². The fraction of sp³-hybridized carbons (Fsp3) is 0.667. The topological polar surface area (TPSA) is 52.3 Å². The zero-order valence-corrected chi connectivity index (χ0v) is 8.60. The molecule has 1 fully saturated rings. The summed E-state index contributed by atoms with van der Waals surface area (Å²) in [5.41, 5.74) is 5.89. The minimum atomic E-state index is -0.307. The molecule has 1 aliphatic rings. The van der Waals surface area contributed by atoms with Crippen molar-refractivity contribution >= 4 is 18.4 Å². The molecule has 0 aromatic heterocycles. The van der Waals surface area contributed by atoms with E-state index in [0.29, 0.717) is 0 Å².